The van der Waals surface area contributed by atoms with Crippen LogP contribution < -0.4 is 5.32 Å². The molecule has 1 aromatic carbocycles. The van der Waals surface area contributed by atoms with Gasteiger partial charge in [0.1, 0.15) is 18.0 Å². The van der Waals surface area contributed by atoms with E-state index in [0.29, 0.717) is 42.6 Å². The Balaban J connectivity index is 1.45. The number of carbonyl (C=O) groups excluding carboxylic acids is 1. The standard InChI is InChI=1S/C16H19ClFN5O/c17-13-2-1-3-14(18)12(13)4-7-19-16(24)23-8-5-11(6-9-23)15-20-10-21-22-15/h1-3,10-11H,4-9H2,(H,19,24)(H,20,21,22). The predicted octanol–water partition coefficient (Wildman–Crippen LogP) is 2.73. The molecule has 0 unspecified atom stereocenters. The number of aromatic nitrogens is 3. The number of hydrogen-bond acceptors (Lipinski definition) is 3. The van der Waals surface area contributed by atoms with Crippen LogP contribution in [0.5, 0.6) is 0 Å². The number of piperidine rings is 1. The molecule has 0 spiro atoms. The van der Waals surface area contributed by atoms with E-state index in [1.165, 1.54) is 12.4 Å². The summed E-state index contributed by atoms with van der Waals surface area (Å²) in [5, 5.41) is 9.97. The van der Waals surface area contributed by atoms with E-state index in [4.69, 9.17) is 11.6 Å². The lowest BCUT2D eigenvalue weighted by atomic mass is 9.96. The molecule has 0 aliphatic carbocycles. The van der Waals surface area contributed by atoms with Crippen molar-refractivity contribution >= 4 is 17.6 Å². The Labute approximate surface area is 144 Å². The number of carbonyl (C=O) groups is 1. The third-order valence-corrected chi connectivity index (χ3v) is 4.67. The molecule has 128 valence electrons. The zero-order chi connectivity index (χ0) is 16.9. The Morgan fingerprint density at radius 1 is 1.42 bits per heavy atom. The monoisotopic (exact) mass is 351 g/mol. The van der Waals surface area contributed by atoms with Crippen LogP contribution in [0.1, 0.15) is 30.1 Å². The van der Waals surface area contributed by atoms with Crippen molar-refractivity contribution in [2.75, 3.05) is 19.6 Å². The van der Waals surface area contributed by atoms with Crippen LogP contribution in [0.2, 0.25) is 5.02 Å². The van der Waals surface area contributed by atoms with E-state index in [1.807, 2.05) is 0 Å². The van der Waals surface area contributed by atoms with Crippen molar-refractivity contribution in [2.24, 2.45) is 0 Å². The molecule has 1 aliphatic rings. The van der Waals surface area contributed by atoms with Crippen LogP contribution in [-0.4, -0.2) is 45.7 Å². The van der Waals surface area contributed by atoms with Crippen molar-refractivity contribution in [3.05, 3.63) is 46.8 Å². The van der Waals surface area contributed by atoms with Gasteiger partial charge in [0.2, 0.25) is 0 Å². The number of rotatable bonds is 4. The molecule has 1 saturated heterocycles. The highest BCUT2D eigenvalue weighted by molar-refractivity contribution is 6.31. The smallest absolute Gasteiger partial charge is 0.317 e. The summed E-state index contributed by atoms with van der Waals surface area (Å²) in [6.45, 7) is 1.68. The molecule has 0 radical (unpaired) electrons. The van der Waals surface area contributed by atoms with Crippen molar-refractivity contribution < 1.29 is 9.18 Å². The van der Waals surface area contributed by atoms with Crippen molar-refractivity contribution in [3.8, 4) is 0 Å². The van der Waals surface area contributed by atoms with Crippen LogP contribution >= 0.6 is 11.6 Å². The number of nitrogens with one attached hydrogen (secondary N) is 2. The number of likely N-dealkylation sites (tertiary alicyclic amines) is 1. The summed E-state index contributed by atoms with van der Waals surface area (Å²) in [7, 11) is 0. The lowest BCUT2D eigenvalue weighted by molar-refractivity contribution is 0.180. The van der Waals surface area contributed by atoms with Gasteiger partial charge < -0.3 is 10.2 Å². The van der Waals surface area contributed by atoms with E-state index in [-0.39, 0.29) is 11.8 Å². The zero-order valence-electron chi connectivity index (χ0n) is 13.1. The molecule has 0 saturated carbocycles. The van der Waals surface area contributed by atoms with Gasteiger partial charge in [-0.25, -0.2) is 14.2 Å². The molecule has 2 amide bonds. The minimum atomic E-state index is -0.343. The molecular formula is C16H19ClFN5O. The predicted molar refractivity (Wildman–Crippen MR) is 88.4 cm³/mol. The first-order valence-electron chi connectivity index (χ1n) is 7.96. The summed E-state index contributed by atoms with van der Waals surface area (Å²) in [6.07, 6.45) is 3.57. The maximum Gasteiger partial charge on any atom is 0.317 e. The van der Waals surface area contributed by atoms with Crippen LogP contribution in [-0.2, 0) is 6.42 Å². The minimum absolute atomic E-state index is 0.126. The van der Waals surface area contributed by atoms with Gasteiger partial charge in [0.05, 0.1) is 0 Å². The normalized spacial score (nSPS) is 15.5. The molecule has 0 atom stereocenters. The Morgan fingerprint density at radius 3 is 2.88 bits per heavy atom. The number of hydrogen-bond donors (Lipinski definition) is 2. The summed E-state index contributed by atoms with van der Waals surface area (Å²) in [5.41, 5.74) is 0.434. The first-order valence-corrected chi connectivity index (χ1v) is 8.34. The number of nitrogens with zero attached hydrogens (tertiary/aromatic N) is 3. The van der Waals surface area contributed by atoms with E-state index < -0.39 is 0 Å². The highest BCUT2D eigenvalue weighted by atomic mass is 35.5. The number of benzene rings is 1. The zero-order valence-corrected chi connectivity index (χ0v) is 13.9. The molecular weight excluding hydrogens is 333 g/mol. The van der Waals surface area contributed by atoms with Crippen LogP contribution in [0.4, 0.5) is 9.18 Å². The Morgan fingerprint density at radius 2 is 2.21 bits per heavy atom. The van der Waals surface area contributed by atoms with Gasteiger partial charge in [-0.1, -0.05) is 17.7 Å². The fourth-order valence-corrected chi connectivity index (χ4v) is 3.20. The summed E-state index contributed by atoms with van der Waals surface area (Å²) < 4.78 is 13.7. The maximum absolute atomic E-state index is 13.7. The quantitative estimate of drug-likeness (QED) is 0.889. The number of aromatic amines is 1. The highest BCUT2D eigenvalue weighted by Gasteiger charge is 2.25. The Hall–Kier alpha value is -2.15. The van der Waals surface area contributed by atoms with Crippen LogP contribution in [0.3, 0.4) is 0 Å². The Kier molecular flexibility index (Phi) is 5.30. The molecule has 24 heavy (non-hydrogen) atoms. The molecule has 8 heteroatoms. The molecule has 3 rings (SSSR count). The molecule has 2 N–H and O–H groups in total. The second kappa shape index (κ2) is 7.61. The number of urea groups is 1. The summed E-state index contributed by atoms with van der Waals surface area (Å²) in [5.74, 6) is 0.850. The second-order valence-corrected chi connectivity index (χ2v) is 6.22. The highest BCUT2D eigenvalue weighted by Crippen LogP contribution is 2.25. The third kappa shape index (κ3) is 3.84. The lowest BCUT2D eigenvalue weighted by Gasteiger charge is -2.31. The van der Waals surface area contributed by atoms with E-state index in [1.54, 1.807) is 17.0 Å². The molecule has 1 aromatic heterocycles. The van der Waals surface area contributed by atoms with Gasteiger partial charge in [-0.05, 0) is 31.4 Å². The average Bonchev–Trinajstić information content (AvgIpc) is 3.12. The lowest BCUT2D eigenvalue weighted by Crippen LogP contribution is -2.44. The van der Waals surface area contributed by atoms with Gasteiger partial charge >= 0.3 is 6.03 Å². The van der Waals surface area contributed by atoms with Gasteiger partial charge in [0, 0.05) is 36.1 Å². The van der Waals surface area contributed by atoms with Crippen LogP contribution in [0.25, 0.3) is 0 Å². The molecule has 6 nitrogen and oxygen atoms in total. The topological polar surface area (TPSA) is 73.9 Å². The van der Waals surface area contributed by atoms with E-state index in [0.717, 1.165) is 18.7 Å². The van der Waals surface area contributed by atoms with Crippen LogP contribution in [0, 0.1) is 5.82 Å². The minimum Gasteiger partial charge on any atom is -0.338 e. The number of H-pyrrole nitrogens is 1. The molecule has 2 aromatic rings. The first-order chi connectivity index (χ1) is 11.6. The third-order valence-electron chi connectivity index (χ3n) is 4.32. The first kappa shape index (κ1) is 16.7. The fraction of sp³-hybridized carbons (Fsp3) is 0.438. The summed E-state index contributed by atoms with van der Waals surface area (Å²) in [6, 6.07) is 4.46. The molecule has 1 fully saturated rings. The average molecular weight is 352 g/mol. The molecule has 1 aliphatic heterocycles. The molecule has 2 heterocycles. The van der Waals surface area contributed by atoms with Crippen molar-refractivity contribution in [2.45, 2.75) is 25.2 Å². The van der Waals surface area contributed by atoms with Crippen molar-refractivity contribution in [1.29, 1.82) is 0 Å². The SMILES string of the molecule is O=C(NCCc1c(F)cccc1Cl)N1CCC(c2ncn[nH]2)CC1. The van der Waals surface area contributed by atoms with Gasteiger partial charge in [0.25, 0.3) is 0 Å². The summed E-state index contributed by atoms with van der Waals surface area (Å²) in [4.78, 5) is 18.2. The maximum atomic E-state index is 13.7. The van der Waals surface area contributed by atoms with Gasteiger partial charge in [0.15, 0.2) is 0 Å². The fourth-order valence-electron chi connectivity index (χ4n) is 2.95. The van der Waals surface area contributed by atoms with Gasteiger partial charge in [-0.2, -0.15) is 5.10 Å². The number of halogens is 2. The molecule has 0 bridgehead atoms. The van der Waals surface area contributed by atoms with Gasteiger partial charge in [-0.15, -0.1) is 0 Å². The van der Waals surface area contributed by atoms with Gasteiger partial charge in [-0.3, -0.25) is 5.10 Å². The second-order valence-electron chi connectivity index (χ2n) is 5.81. The van der Waals surface area contributed by atoms with Crippen molar-refractivity contribution in [3.63, 3.8) is 0 Å². The number of amides is 2. The van der Waals surface area contributed by atoms with Crippen LogP contribution in [0.15, 0.2) is 24.5 Å². The van der Waals surface area contributed by atoms with E-state index in [9.17, 15) is 9.18 Å². The van der Waals surface area contributed by atoms with E-state index in [2.05, 4.69) is 20.5 Å². The largest absolute Gasteiger partial charge is 0.338 e. The Bertz CT molecular complexity index is 666. The van der Waals surface area contributed by atoms with Crippen molar-refractivity contribution in [1.82, 2.24) is 25.4 Å². The summed E-state index contributed by atoms with van der Waals surface area (Å²) >= 11 is 5.98. The van der Waals surface area contributed by atoms with E-state index >= 15 is 0 Å².